The van der Waals surface area contributed by atoms with Crippen molar-refractivity contribution in [1.29, 1.82) is 0 Å². The van der Waals surface area contributed by atoms with Crippen LogP contribution in [0, 0.1) is 5.92 Å². The van der Waals surface area contributed by atoms with Crippen LogP contribution in [0.15, 0.2) is 47.1 Å². The predicted molar refractivity (Wildman–Crippen MR) is 93.0 cm³/mol. The summed E-state index contributed by atoms with van der Waals surface area (Å²) in [5.74, 6) is -1.78. The molecule has 0 aliphatic carbocycles. The Bertz CT molecular complexity index is 770. The standard InChI is InChI=1S/C18H20N2O6/c1-11(2)16(18(23)24)20-15(21)10-26-13-6-3-5-12(9-13)19-17(22)14-7-4-8-25-14/h3-9,11,16H,10H2,1-2H3,(H,19,22)(H,20,21)(H,23,24)/t16-/m1/s1. The van der Waals surface area contributed by atoms with E-state index in [1.807, 2.05) is 0 Å². The number of carbonyl (C=O) groups is 3. The Morgan fingerprint density at radius 3 is 2.58 bits per heavy atom. The van der Waals surface area contributed by atoms with Crippen molar-refractivity contribution in [3.05, 3.63) is 48.4 Å². The first-order chi connectivity index (χ1) is 12.4. The highest BCUT2D eigenvalue weighted by atomic mass is 16.5. The molecule has 2 amide bonds. The number of rotatable bonds is 8. The fourth-order valence-corrected chi connectivity index (χ4v) is 2.14. The molecule has 138 valence electrons. The van der Waals surface area contributed by atoms with Crippen LogP contribution in [0.4, 0.5) is 5.69 Å². The van der Waals surface area contributed by atoms with Crippen LogP contribution >= 0.6 is 0 Å². The third-order valence-corrected chi connectivity index (χ3v) is 3.46. The van der Waals surface area contributed by atoms with Gasteiger partial charge in [-0.05, 0) is 30.2 Å². The van der Waals surface area contributed by atoms with Crippen molar-refractivity contribution in [1.82, 2.24) is 5.32 Å². The molecule has 3 N–H and O–H groups in total. The summed E-state index contributed by atoms with van der Waals surface area (Å²) in [6, 6.07) is 8.64. The van der Waals surface area contributed by atoms with Crippen molar-refractivity contribution < 1.29 is 28.6 Å². The van der Waals surface area contributed by atoms with Crippen LogP contribution in [-0.2, 0) is 9.59 Å². The van der Waals surface area contributed by atoms with Crippen LogP contribution in [0.25, 0.3) is 0 Å². The number of hydrogen-bond acceptors (Lipinski definition) is 5. The van der Waals surface area contributed by atoms with E-state index in [4.69, 9.17) is 14.3 Å². The number of nitrogens with one attached hydrogen (secondary N) is 2. The first-order valence-corrected chi connectivity index (χ1v) is 7.96. The summed E-state index contributed by atoms with van der Waals surface area (Å²) >= 11 is 0. The Morgan fingerprint density at radius 2 is 1.96 bits per heavy atom. The lowest BCUT2D eigenvalue weighted by molar-refractivity contribution is -0.143. The minimum Gasteiger partial charge on any atom is -0.484 e. The Labute approximate surface area is 150 Å². The Balaban J connectivity index is 1.91. The van der Waals surface area contributed by atoms with E-state index in [2.05, 4.69) is 10.6 Å². The van der Waals surface area contributed by atoms with Gasteiger partial charge in [0.15, 0.2) is 12.4 Å². The van der Waals surface area contributed by atoms with Gasteiger partial charge in [0.1, 0.15) is 11.8 Å². The fraction of sp³-hybridized carbons (Fsp3) is 0.278. The highest BCUT2D eigenvalue weighted by molar-refractivity contribution is 6.02. The Hall–Kier alpha value is -3.29. The molecule has 26 heavy (non-hydrogen) atoms. The van der Waals surface area contributed by atoms with Crippen molar-refractivity contribution in [2.45, 2.75) is 19.9 Å². The zero-order chi connectivity index (χ0) is 19.1. The number of ether oxygens (including phenoxy) is 1. The predicted octanol–water partition coefficient (Wildman–Crippen LogP) is 2.14. The van der Waals surface area contributed by atoms with Gasteiger partial charge in [-0.15, -0.1) is 0 Å². The monoisotopic (exact) mass is 360 g/mol. The number of furan rings is 1. The summed E-state index contributed by atoms with van der Waals surface area (Å²) in [4.78, 5) is 34.9. The lowest BCUT2D eigenvalue weighted by Crippen LogP contribution is -2.46. The van der Waals surface area contributed by atoms with Crippen LogP contribution in [0.1, 0.15) is 24.4 Å². The maximum absolute atomic E-state index is 11.9. The van der Waals surface area contributed by atoms with Crippen LogP contribution < -0.4 is 15.4 Å². The topological polar surface area (TPSA) is 118 Å². The van der Waals surface area contributed by atoms with Gasteiger partial charge in [-0.25, -0.2) is 4.79 Å². The molecule has 0 aliphatic rings. The van der Waals surface area contributed by atoms with Crippen molar-refractivity contribution in [3.8, 4) is 5.75 Å². The van der Waals surface area contributed by atoms with E-state index in [1.54, 1.807) is 44.2 Å². The minimum atomic E-state index is -1.10. The van der Waals surface area contributed by atoms with E-state index in [0.717, 1.165) is 0 Å². The quantitative estimate of drug-likeness (QED) is 0.664. The molecule has 0 spiro atoms. The number of benzene rings is 1. The summed E-state index contributed by atoms with van der Waals surface area (Å²) in [5, 5.41) is 14.1. The van der Waals surface area contributed by atoms with Crippen molar-refractivity contribution in [2.24, 2.45) is 5.92 Å². The average molecular weight is 360 g/mol. The Morgan fingerprint density at radius 1 is 1.19 bits per heavy atom. The molecule has 2 aromatic rings. The fourth-order valence-electron chi connectivity index (χ4n) is 2.14. The third-order valence-electron chi connectivity index (χ3n) is 3.46. The number of amides is 2. The molecular weight excluding hydrogens is 340 g/mol. The highest BCUT2D eigenvalue weighted by Crippen LogP contribution is 2.18. The number of anilines is 1. The Kier molecular flexibility index (Phi) is 6.37. The van der Waals surface area contributed by atoms with Crippen molar-refractivity contribution >= 4 is 23.5 Å². The molecule has 0 saturated carbocycles. The number of carbonyl (C=O) groups excluding carboxylic acids is 2. The van der Waals surface area contributed by atoms with E-state index in [-0.39, 0.29) is 18.3 Å². The van der Waals surface area contributed by atoms with Gasteiger partial charge in [-0.3, -0.25) is 9.59 Å². The van der Waals surface area contributed by atoms with Crippen LogP contribution in [-0.4, -0.2) is 35.5 Å². The largest absolute Gasteiger partial charge is 0.484 e. The molecular formula is C18H20N2O6. The number of hydrogen-bond donors (Lipinski definition) is 3. The summed E-state index contributed by atoms with van der Waals surface area (Å²) in [6.07, 6.45) is 1.40. The summed E-state index contributed by atoms with van der Waals surface area (Å²) < 4.78 is 10.4. The normalized spacial score (nSPS) is 11.7. The second-order valence-electron chi connectivity index (χ2n) is 5.88. The summed E-state index contributed by atoms with van der Waals surface area (Å²) in [7, 11) is 0. The van der Waals surface area contributed by atoms with Gasteiger partial charge in [0.05, 0.1) is 6.26 Å². The molecule has 0 bridgehead atoms. The molecule has 0 unspecified atom stereocenters. The SMILES string of the molecule is CC(C)[C@@H](NC(=O)COc1cccc(NC(=O)c2ccco2)c1)C(=O)O. The molecule has 1 atom stereocenters. The first kappa shape index (κ1) is 19.0. The van der Waals surface area contributed by atoms with Crippen LogP contribution in [0.5, 0.6) is 5.75 Å². The smallest absolute Gasteiger partial charge is 0.326 e. The van der Waals surface area contributed by atoms with Crippen molar-refractivity contribution in [3.63, 3.8) is 0 Å². The van der Waals surface area contributed by atoms with Gasteiger partial charge in [0.2, 0.25) is 0 Å². The molecule has 8 nitrogen and oxygen atoms in total. The summed E-state index contributed by atoms with van der Waals surface area (Å²) in [5.41, 5.74) is 0.468. The zero-order valence-electron chi connectivity index (χ0n) is 14.4. The average Bonchev–Trinajstić information content (AvgIpc) is 3.12. The minimum absolute atomic E-state index is 0.170. The molecule has 0 fully saturated rings. The molecule has 0 saturated heterocycles. The van der Waals surface area contributed by atoms with E-state index >= 15 is 0 Å². The molecule has 1 aromatic heterocycles. The maximum atomic E-state index is 11.9. The maximum Gasteiger partial charge on any atom is 0.326 e. The highest BCUT2D eigenvalue weighted by Gasteiger charge is 2.23. The van der Waals surface area contributed by atoms with E-state index in [0.29, 0.717) is 11.4 Å². The summed E-state index contributed by atoms with van der Waals surface area (Å²) in [6.45, 7) is 3.06. The first-order valence-electron chi connectivity index (χ1n) is 7.96. The molecule has 0 radical (unpaired) electrons. The number of carboxylic acid groups (broad SMARTS) is 1. The van der Waals surface area contributed by atoms with E-state index < -0.39 is 23.8 Å². The van der Waals surface area contributed by atoms with Gasteiger partial charge in [0, 0.05) is 11.8 Å². The van der Waals surface area contributed by atoms with E-state index in [1.165, 1.54) is 12.3 Å². The van der Waals surface area contributed by atoms with Gasteiger partial charge in [-0.2, -0.15) is 0 Å². The zero-order valence-corrected chi connectivity index (χ0v) is 14.4. The second kappa shape index (κ2) is 8.70. The molecule has 2 rings (SSSR count). The molecule has 1 aromatic carbocycles. The van der Waals surface area contributed by atoms with Gasteiger partial charge in [-0.1, -0.05) is 19.9 Å². The van der Waals surface area contributed by atoms with E-state index in [9.17, 15) is 14.4 Å². The lowest BCUT2D eigenvalue weighted by Gasteiger charge is -2.18. The van der Waals surface area contributed by atoms with Gasteiger partial charge in [0.25, 0.3) is 11.8 Å². The molecule has 0 aliphatic heterocycles. The van der Waals surface area contributed by atoms with Crippen LogP contribution in [0.2, 0.25) is 0 Å². The third kappa shape index (κ3) is 5.37. The second-order valence-corrected chi connectivity index (χ2v) is 5.88. The number of aliphatic carboxylic acids is 1. The van der Waals surface area contributed by atoms with Crippen molar-refractivity contribution in [2.75, 3.05) is 11.9 Å². The number of carboxylic acids is 1. The van der Waals surface area contributed by atoms with Gasteiger partial charge < -0.3 is 24.9 Å². The molecule has 8 heteroatoms. The molecule has 1 heterocycles. The van der Waals surface area contributed by atoms with Crippen LogP contribution in [0.3, 0.4) is 0 Å². The lowest BCUT2D eigenvalue weighted by atomic mass is 10.1. The van der Waals surface area contributed by atoms with Gasteiger partial charge >= 0.3 is 5.97 Å².